The molecule has 0 amide bonds. The summed E-state index contributed by atoms with van der Waals surface area (Å²) in [7, 11) is 0. The number of hydrogen-bond acceptors (Lipinski definition) is 6. The quantitative estimate of drug-likeness (QED) is 0.484. The lowest BCUT2D eigenvalue weighted by Gasteiger charge is -2.36. The number of amidine groups is 1. The fraction of sp³-hybridized carbons (Fsp3) is 0.310. The van der Waals surface area contributed by atoms with Crippen LogP contribution in [-0.4, -0.2) is 48.4 Å². The van der Waals surface area contributed by atoms with Crippen molar-refractivity contribution in [2.24, 2.45) is 10.9 Å². The van der Waals surface area contributed by atoms with Crippen molar-refractivity contribution in [1.29, 1.82) is 0 Å². The van der Waals surface area contributed by atoms with Crippen molar-refractivity contribution in [1.82, 2.24) is 15.2 Å². The van der Waals surface area contributed by atoms with E-state index in [0.717, 1.165) is 66.0 Å². The lowest BCUT2D eigenvalue weighted by molar-refractivity contribution is 0.248. The van der Waals surface area contributed by atoms with Gasteiger partial charge in [0.15, 0.2) is 0 Å². The van der Waals surface area contributed by atoms with Crippen molar-refractivity contribution in [3.63, 3.8) is 0 Å². The SMILES string of the molecule is C=C1NC(C)=Nc2cc(-c3cc(-c4ccc(N5CCN(CC6CC6)CC5)cc4)c(F)nc3N)ccc21. The van der Waals surface area contributed by atoms with Gasteiger partial charge in [-0.25, -0.2) is 9.98 Å². The van der Waals surface area contributed by atoms with Gasteiger partial charge in [-0.15, -0.1) is 0 Å². The van der Waals surface area contributed by atoms with E-state index in [1.807, 2.05) is 37.3 Å². The van der Waals surface area contributed by atoms with Gasteiger partial charge in [0.05, 0.1) is 5.69 Å². The fourth-order valence-corrected chi connectivity index (χ4v) is 5.18. The van der Waals surface area contributed by atoms with E-state index in [0.29, 0.717) is 11.1 Å². The molecule has 1 aromatic heterocycles. The van der Waals surface area contributed by atoms with Crippen LogP contribution in [0.5, 0.6) is 0 Å². The summed E-state index contributed by atoms with van der Waals surface area (Å²) in [6.45, 7) is 11.5. The lowest BCUT2D eigenvalue weighted by Crippen LogP contribution is -2.47. The fourth-order valence-electron chi connectivity index (χ4n) is 5.18. The molecule has 0 spiro atoms. The summed E-state index contributed by atoms with van der Waals surface area (Å²) in [5.74, 6) is 1.30. The number of nitrogens with two attached hydrogens (primary N) is 1. The van der Waals surface area contributed by atoms with Crippen LogP contribution in [0.4, 0.5) is 21.6 Å². The molecule has 6 rings (SSSR count). The van der Waals surface area contributed by atoms with Crippen molar-refractivity contribution in [2.45, 2.75) is 19.8 Å². The first-order chi connectivity index (χ1) is 17.4. The Bertz CT molecular complexity index is 1350. The molecule has 7 heteroatoms. The number of anilines is 2. The monoisotopic (exact) mass is 482 g/mol. The van der Waals surface area contributed by atoms with E-state index >= 15 is 0 Å². The summed E-state index contributed by atoms with van der Waals surface area (Å²) in [5.41, 5.74) is 12.6. The van der Waals surface area contributed by atoms with Crippen LogP contribution < -0.4 is 16.0 Å². The lowest BCUT2D eigenvalue weighted by atomic mass is 9.97. The van der Waals surface area contributed by atoms with Gasteiger partial charge >= 0.3 is 0 Å². The molecule has 1 saturated heterocycles. The highest BCUT2D eigenvalue weighted by Gasteiger charge is 2.26. The summed E-state index contributed by atoms with van der Waals surface area (Å²) in [6, 6.07) is 15.8. The minimum atomic E-state index is -0.568. The normalized spacial score (nSPS) is 18.0. The average molecular weight is 483 g/mol. The second-order valence-corrected chi connectivity index (χ2v) is 10.1. The predicted octanol–water partition coefficient (Wildman–Crippen LogP) is 5.29. The maximum absolute atomic E-state index is 15.0. The number of hydrogen-bond donors (Lipinski definition) is 2. The van der Waals surface area contributed by atoms with Crippen molar-refractivity contribution < 1.29 is 4.39 Å². The van der Waals surface area contributed by atoms with Gasteiger partial charge in [0.1, 0.15) is 11.7 Å². The molecular formula is C29H31FN6. The Balaban J connectivity index is 1.25. The average Bonchev–Trinajstić information content (AvgIpc) is 3.68. The highest BCUT2D eigenvalue weighted by atomic mass is 19.1. The molecule has 1 saturated carbocycles. The van der Waals surface area contributed by atoms with Gasteiger partial charge in [0.25, 0.3) is 0 Å². The molecular weight excluding hydrogens is 451 g/mol. The maximum Gasteiger partial charge on any atom is 0.222 e. The largest absolute Gasteiger partial charge is 0.383 e. The van der Waals surface area contributed by atoms with Gasteiger partial charge in [0.2, 0.25) is 5.95 Å². The first-order valence-corrected chi connectivity index (χ1v) is 12.6. The van der Waals surface area contributed by atoms with Crippen molar-refractivity contribution >= 4 is 28.7 Å². The number of pyridine rings is 1. The van der Waals surface area contributed by atoms with Crippen molar-refractivity contribution in [3.8, 4) is 22.3 Å². The van der Waals surface area contributed by atoms with Crippen LogP contribution in [0, 0.1) is 11.9 Å². The number of fused-ring (bicyclic) bond motifs is 1. The number of halogens is 1. The van der Waals surface area contributed by atoms with Gasteiger partial charge in [-0.2, -0.15) is 4.39 Å². The van der Waals surface area contributed by atoms with Gasteiger partial charge in [-0.3, -0.25) is 4.90 Å². The highest BCUT2D eigenvalue weighted by Crippen LogP contribution is 2.37. The third kappa shape index (κ3) is 4.46. The van der Waals surface area contributed by atoms with E-state index in [4.69, 9.17) is 5.73 Å². The van der Waals surface area contributed by atoms with Crippen LogP contribution in [0.1, 0.15) is 25.3 Å². The number of nitrogens with zero attached hydrogens (tertiary/aromatic N) is 4. The maximum atomic E-state index is 15.0. The minimum Gasteiger partial charge on any atom is -0.383 e. The number of aromatic nitrogens is 1. The summed E-state index contributed by atoms with van der Waals surface area (Å²) in [5, 5.41) is 3.15. The van der Waals surface area contributed by atoms with Crippen LogP contribution in [0.2, 0.25) is 0 Å². The zero-order valence-electron chi connectivity index (χ0n) is 20.6. The van der Waals surface area contributed by atoms with Crippen LogP contribution in [0.3, 0.4) is 0 Å². The number of benzene rings is 2. The third-order valence-electron chi connectivity index (χ3n) is 7.39. The molecule has 36 heavy (non-hydrogen) atoms. The molecule has 3 N–H and O–H groups in total. The van der Waals surface area contributed by atoms with Gasteiger partial charge in [-0.1, -0.05) is 30.8 Å². The van der Waals surface area contributed by atoms with Crippen molar-refractivity contribution in [2.75, 3.05) is 43.4 Å². The van der Waals surface area contributed by atoms with E-state index < -0.39 is 5.95 Å². The number of piperazine rings is 1. The summed E-state index contributed by atoms with van der Waals surface area (Å²) < 4.78 is 15.0. The smallest absolute Gasteiger partial charge is 0.222 e. The Morgan fingerprint density at radius 3 is 2.42 bits per heavy atom. The minimum absolute atomic E-state index is 0.158. The molecule has 0 radical (unpaired) electrons. The van der Waals surface area contributed by atoms with Crippen LogP contribution in [0.25, 0.3) is 28.0 Å². The summed E-state index contributed by atoms with van der Waals surface area (Å²) >= 11 is 0. The molecule has 1 aliphatic carbocycles. The number of rotatable bonds is 5. The van der Waals surface area contributed by atoms with E-state index in [2.05, 4.69) is 43.8 Å². The molecule has 0 bridgehead atoms. The van der Waals surface area contributed by atoms with Crippen molar-refractivity contribution in [3.05, 3.63) is 66.6 Å². The Morgan fingerprint density at radius 1 is 0.972 bits per heavy atom. The Labute approximate surface area is 211 Å². The first kappa shape index (κ1) is 22.7. The summed E-state index contributed by atoms with van der Waals surface area (Å²) in [4.78, 5) is 13.6. The van der Waals surface area contributed by atoms with E-state index in [1.165, 1.54) is 25.1 Å². The van der Waals surface area contributed by atoms with Gasteiger partial charge in [0, 0.05) is 60.8 Å². The molecule has 6 nitrogen and oxygen atoms in total. The zero-order chi connectivity index (χ0) is 24.8. The predicted molar refractivity (Wildman–Crippen MR) is 146 cm³/mol. The van der Waals surface area contributed by atoms with E-state index in [-0.39, 0.29) is 5.82 Å². The van der Waals surface area contributed by atoms with E-state index in [9.17, 15) is 4.39 Å². The molecule has 0 atom stereocenters. The molecule has 2 fully saturated rings. The first-order valence-electron chi connectivity index (χ1n) is 12.6. The Kier molecular flexibility index (Phi) is 5.72. The van der Waals surface area contributed by atoms with Crippen LogP contribution in [-0.2, 0) is 0 Å². The second kappa shape index (κ2) is 9.06. The molecule has 0 unspecified atom stereocenters. The standard InChI is InChI=1S/C29H31FN6/c1-18-24-10-7-22(15-27(24)33-19(2)32-18)26-16-25(28(30)34-29(26)31)21-5-8-23(9-6-21)36-13-11-35(12-14-36)17-20-3-4-20/h5-10,15-16,20H,1,3-4,11-14,17H2,2H3,(H2,31,34)(H,32,33). The molecule has 3 aromatic rings. The molecule has 184 valence electrons. The van der Waals surface area contributed by atoms with Crippen LogP contribution >= 0.6 is 0 Å². The summed E-state index contributed by atoms with van der Waals surface area (Å²) in [6.07, 6.45) is 2.79. The molecule has 3 heterocycles. The molecule has 2 aliphatic heterocycles. The number of aliphatic imine (C=N–C) groups is 1. The Morgan fingerprint density at radius 2 is 1.69 bits per heavy atom. The Hall–Kier alpha value is -3.71. The third-order valence-corrected chi connectivity index (χ3v) is 7.39. The van der Waals surface area contributed by atoms with Crippen LogP contribution in [0.15, 0.2) is 60.1 Å². The number of nitrogen functional groups attached to an aromatic ring is 1. The topological polar surface area (TPSA) is 69.8 Å². The number of nitrogens with one attached hydrogen (secondary N) is 1. The molecule has 2 aromatic carbocycles. The van der Waals surface area contributed by atoms with Gasteiger partial charge < -0.3 is 16.0 Å². The molecule has 3 aliphatic rings. The van der Waals surface area contributed by atoms with Gasteiger partial charge in [-0.05, 0) is 61.1 Å². The van der Waals surface area contributed by atoms with E-state index in [1.54, 1.807) is 6.07 Å². The second-order valence-electron chi connectivity index (χ2n) is 10.1. The highest BCUT2D eigenvalue weighted by molar-refractivity contribution is 5.97. The zero-order valence-corrected chi connectivity index (χ0v) is 20.6.